The number of ether oxygens (including phenoxy) is 1. The summed E-state index contributed by atoms with van der Waals surface area (Å²) in [5.41, 5.74) is -1.37. The fourth-order valence-electron chi connectivity index (χ4n) is 2.37. The SMILES string of the molecule is CCN1CCOC(C(O)c2ccc(F)c(C(F)(F)F)c2)C1. The normalized spacial score (nSPS) is 22.3. The molecule has 2 rings (SSSR count). The molecule has 0 spiro atoms. The van der Waals surface area contributed by atoms with Crippen molar-refractivity contribution < 1.29 is 27.4 Å². The molecule has 0 aliphatic carbocycles. The van der Waals surface area contributed by atoms with E-state index in [-0.39, 0.29) is 5.56 Å². The fourth-order valence-corrected chi connectivity index (χ4v) is 2.37. The largest absolute Gasteiger partial charge is 0.419 e. The third-order valence-corrected chi connectivity index (χ3v) is 3.61. The Balaban J connectivity index is 2.21. The first-order valence-electron chi connectivity index (χ1n) is 6.71. The zero-order chi connectivity index (χ0) is 15.6. The Hall–Kier alpha value is -1.18. The van der Waals surface area contributed by atoms with Crippen LogP contribution in [0.25, 0.3) is 0 Å². The maximum absolute atomic E-state index is 13.2. The van der Waals surface area contributed by atoms with Gasteiger partial charge in [-0.3, -0.25) is 4.90 Å². The van der Waals surface area contributed by atoms with E-state index in [1.807, 2.05) is 11.8 Å². The lowest BCUT2D eigenvalue weighted by atomic mass is 10.00. The minimum absolute atomic E-state index is 0.00618. The number of hydrogen-bond acceptors (Lipinski definition) is 3. The second-order valence-corrected chi connectivity index (χ2v) is 4.98. The molecule has 0 radical (unpaired) electrons. The van der Waals surface area contributed by atoms with Crippen LogP contribution in [-0.2, 0) is 10.9 Å². The van der Waals surface area contributed by atoms with Crippen molar-refractivity contribution in [2.45, 2.75) is 25.3 Å². The Morgan fingerprint density at radius 2 is 2.14 bits per heavy atom. The average Bonchev–Trinajstić information content (AvgIpc) is 2.46. The van der Waals surface area contributed by atoms with Crippen LogP contribution in [0.15, 0.2) is 18.2 Å². The van der Waals surface area contributed by atoms with Crippen molar-refractivity contribution in [1.29, 1.82) is 0 Å². The third kappa shape index (κ3) is 3.72. The second kappa shape index (κ2) is 6.29. The summed E-state index contributed by atoms with van der Waals surface area (Å²) in [5, 5.41) is 10.2. The summed E-state index contributed by atoms with van der Waals surface area (Å²) in [5.74, 6) is -1.35. The number of nitrogens with zero attached hydrogens (tertiary/aromatic N) is 1. The molecule has 1 aliphatic rings. The van der Waals surface area contributed by atoms with E-state index in [9.17, 15) is 22.7 Å². The molecule has 1 N–H and O–H groups in total. The van der Waals surface area contributed by atoms with E-state index < -0.39 is 29.8 Å². The first-order chi connectivity index (χ1) is 9.82. The maximum Gasteiger partial charge on any atom is 0.419 e. The Bertz CT molecular complexity index is 492. The van der Waals surface area contributed by atoms with Gasteiger partial charge in [-0.15, -0.1) is 0 Å². The van der Waals surface area contributed by atoms with Gasteiger partial charge in [0.1, 0.15) is 18.0 Å². The lowest BCUT2D eigenvalue weighted by Crippen LogP contribution is -2.44. The van der Waals surface area contributed by atoms with Gasteiger partial charge in [0.15, 0.2) is 0 Å². The van der Waals surface area contributed by atoms with Crippen molar-refractivity contribution in [3.8, 4) is 0 Å². The zero-order valence-electron chi connectivity index (χ0n) is 11.5. The molecule has 2 atom stereocenters. The van der Waals surface area contributed by atoms with Crippen LogP contribution in [0.5, 0.6) is 0 Å². The van der Waals surface area contributed by atoms with Gasteiger partial charge in [0.05, 0.1) is 12.2 Å². The minimum Gasteiger partial charge on any atom is -0.386 e. The van der Waals surface area contributed by atoms with Crippen molar-refractivity contribution in [2.24, 2.45) is 0 Å². The van der Waals surface area contributed by atoms with Crippen LogP contribution in [0.2, 0.25) is 0 Å². The highest BCUT2D eigenvalue weighted by Gasteiger charge is 2.36. The molecule has 0 amide bonds. The number of halogens is 4. The molecule has 7 heteroatoms. The number of rotatable bonds is 3. The molecule has 1 aliphatic heterocycles. The lowest BCUT2D eigenvalue weighted by Gasteiger charge is -2.34. The van der Waals surface area contributed by atoms with Crippen LogP contribution >= 0.6 is 0 Å². The van der Waals surface area contributed by atoms with E-state index >= 15 is 0 Å². The topological polar surface area (TPSA) is 32.7 Å². The molecule has 1 aromatic carbocycles. The van der Waals surface area contributed by atoms with Crippen LogP contribution in [0, 0.1) is 5.82 Å². The van der Waals surface area contributed by atoms with Gasteiger partial charge in [-0.05, 0) is 24.2 Å². The Kier molecular flexibility index (Phi) is 4.85. The van der Waals surface area contributed by atoms with Crippen molar-refractivity contribution >= 4 is 0 Å². The number of likely N-dealkylation sites (N-methyl/N-ethyl adjacent to an activating group) is 1. The van der Waals surface area contributed by atoms with Gasteiger partial charge in [0.25, 0.3) is 0 Å². The standard InChI is InChI=1S/C14H17F4NO2/c1-2-19-5-6-21-12(8-19)13(20)9-3-4-11(15)10(7-9)14(16,17)18/h3-4,7,12-13,20H,2,5-6,8H2,1H3. The molecule has 1 aromatic rings. The molecule has 0 aromatic heterocycles. The van der Waals surface area contributed by atoms with E-state index in [4.69, 9.17) is 4.74 Å². The number of alkyl halides is 3. The van der Waals surface area contributed by atoms with E-state index in [0.717, 1.165) is 25.2 Å². The van der Waals surface area contributed by atoms with Crippen molar-refractivity contribution in [1.82, 2.24) is 4.90 Å². The molecule has 0 bridgehead atoms. The minimum atomic E-state index is -4.79. The molecular weight excluding hydrogens is 290 g/mol. The van der Waals surface area contributed by atoms with E-state index in [0.29, 0.717) is 19.2 Å². The van der Waals surface area contributed by atoms with Gasteiger partial charge < -0.3 is 9.84 Å². The smallest absolute Gasteiger partial charge is 0.386 e. The van der Waals surface area contributed by atoms with Crippen LogP contribution in [0.3, 0.4) is 0 Å². The molecular formula is C14H17F4NO2. The Morgan fingerprint density at radius 1 is 1.43 bits per heavy atom. The average molecular weight is 307 g/mol. The van der Waals surface area contributed by atoms with Crippen molar-refractivity contribution in [2.75, 3.05) is 26.2 Å². The monoisotopic (exact) mass is 307 g/mol. The van der Waals surface area contributed by atoms with Crippen molar-refractivity contribution in [3.63, 3.8) is 0 Å². The molecule has 3 nitrogen and oxygen atoms in total. The molecule has 1 saturated heterocycles. The van der Waals surface area contributed by atoms with Crippen LogP contribution in [-0.4, -0.2) is 42.4 Å². The quantitative estimate of drug-likeness (QED) is 0.871. The third-order valence-electron chi connectivity index (χ3n) is 3.61. The predicted molar refractivity (Wildman–Crippen MR) is 68.2 cm³/mol. The number of benzene rings is 1. The van der Waals surface area contributed by atoms with Crippen LogP contribution in [0.1, 0.15) is 24.2 Å². The summed E-state index contributed by atoms with van der Waals surface area (Å²) in [4.78, 5) is 2.03. The Labute approximate surface area is 120 Å². The molecule has 1 fully saturated rings. The molecule has 118 valence electrons. The molecule has 0 saturated carbocycles. The zero-order valence-corrected chi connectivity index (χ0v) is 11.5. The van der Waals surface area contributed by atoms with Gasteiger partial charge in [0.2, 0.25) is 0 Å². The van der Waals surface area contributed by atoms with Gasteiger partial charge in [-0.1, -0.05) is 13.0 Å². The van der Waals surface area contributed by atoms with Crippen molar-refractivity contribution in [3.05, 3.63) is 35.1 Å². The number of morpholine rings is 1. The van der Waals surface area contributed by atoms with Gasteiger partial charge in [-0.2, -0.15) is 13.2 Å². The summed E-state index contributed by atoms with van der Waals surface area (Å²) in [6, 6.07) is 2.53. The van der Waals surface area contributed by atoms with Crippen LogP contribution in [0.4, 0.5) is 17.6 Å². The Morgan fingerprint density at radius 3 is 2.76 bits per heavy atom. The van der Waals surface area contributed by atoms with Gasteiger partial charge in [-0.25, -0.2) is 4.39 Å². The summed E-state index contributed by atoms with van der Waals surface area (Å²) < 4.78 is 56.7. The predicted octanol–water partition coefficient (Wildman–Crippen LogP) is 2.60. The second-order valence-electron chi connectivity index (χ2n) is 4.98. The summed E-state index contributed by atoms with van der Waals surface area (Å²) >= 11 is 0. The number of aliphatic hydroxyl groups is 1. The van der Waals surface area contributed by atoms with Gasteiger partial charge >= 0.3 is 6.18 Å². The van der Waals surface area contributed by atoms with Gasteiger partial charge in [0, 0.05) is 13.1 Å². The highest BCUT2D eigenvalue weighted by Crippen LogP contribution is 2.34. The first-order valence-corrected chi connectivity index (χ1v) is 6.71. The highest BCUT2D eigenvalue weighted by atomic mass is 19.4. The summed E-state index contributed by atoms with van der Waals surface area (Å²) in [6.07, 6.45) is -6.63. The van der Waals surface area contributed by atoms with E-state index in [1.165, 1.54) is 0 Å². The van der Waals surface area contributed by atoms with E-state index in [1.54, 1.807) is 0 Å². The summed E-state index contributed by atoms with van der Waals surface area (Å²) in [6.45, 7) is 4.27. The van der Waals surface area contributed by atoms with Crippen LogP contribution < -0.4 is 0 Å². The fraction of sp³-hybridized carbons (Fsp3) is 0.571. The maximum atomic E-state index is 13.2. The molecule has 21 heavy (non-hydrogen) atoms. The lowest BCUT2D eigenvalue weighted by molar-refractivity contribution is -0.140. The highest BCUT2D eigenvalue weighted by molar-refractivity contribution is 5.29. The molecule has 2 unspecified atom stereocenters. The van der Waals surface area contributed by atoms with E-state index in [2.05, 4.69) is 0 Å². The molecule has 1 heterocycles. The summed E-state index contributed by atoms with van der Waals surface area (Å²) in [7, 11) is 0. The first kappa shape index (κ1) is 16.2. The number of hydrogen-bond donors (Lipinski definition) is 1. The number of aliphatic hydroxyl groups excluding tert-OH is 1.